The Bertz CT molecular complexity index is 1180. The molecule has 2 heterocycles. The molecule has 1 saturated heterocycles. The highest BCUT2D eigenvalue weighted by atomic mass is 32.2. The van der Waals surface area contributed by atoms with E-state index in [-0.39, 0.29) is 4.90 Å². The Labute approximate surface area is 168 Å². The van der Waals surface area contributed by atoms with Crippen LogP contribution in [-0.4, -0.2) is 52.9 Å². The number of halogens is 1. The molecule has 2 aromatic carbocycles. The average Bonchev–Trinajstić information content (AvgIpc) is 2.94. The predicted molar refractivity (Wildman–Crippen MR) is 108 cm³/mol. The molecule has 6 nitrogen and oxygen atoms in total. The van der Waals surface area contributed by atoms with Crippen molar-refractivity contribution in [3.63, 3.8) is 0 Å². The highest BCUT2D eigenvalue weighted by Gasteiger charge is 2.30. The van der Waals surface area contributed by atoms with E-state index in [9.17, 15) is 12.8 Å². The minimum atomic E-state index is -3.83. The van der Waals surface area contributed by atoms with Crippen LogP contribution in [0.3, 0.4) is 0 Å². The summed E-state index contributed by atoms with van der Waals surface area (Å²) in [6, 6.07) is 13.5. The van der Waals surface area contributed by atoms with E-state index in [4.69, 9.17) is 12.2 Å². The summed E-state index contributed by atoms with van der Waals surface area (Å²) >= 11 is 5.57. The van der Waals surface area contributed by atoms with E-state index in [1.54, 1.807) is 0 Å². The van der Waals surface area contributed by atoms with Crippen LogP contribution in [0.15, 0.2) is 53.4 Å². The van der Waals surface area contributed by atoms with E-state index < -0.39 is 15.8 Å². The van der Waals surface area contributed by atoms with Crippen LogP contribution in [0.2, 0.25) is 0 Å². The first-order valence-electron chi connectivity index (χ1n) is 9.01. The largest absolute Gasteiger partial charge is 0.320 e. The van der Waals surface area contributed by atoms with Gasteiger partial charge in [0.15, 0.2) is 4.77 Å². The van der Waals surface area contributed by atoms with Crippen LogP contribution in [0, 0.1) is 10.6 Å². The molecule has 9 heteroatoms. The van der Waals surface area contributed by atoms with Crippen molar-refractivity contribution in [2.24, 2.45) is 7.05 Å². The van der Waals surface area contributed by atoms with Crippen LogP contribution >= 0.6 is 12.2 Å². The van der Waals surface area contributed by atoms with Gasteiger partial charge in [-0.05, 0) is 36.5 Å². The van der Waals surface area contributed by atoms with Crippen molar-refractivity contribution in [1.82, 2.24) is 18.3 Å². The molecule has 148 valence electrons. The third kappa shape index (κ3) is 3.28. The first-order valence-corrected chi connectivity index (χ1v) is 10.9. The summed E-state index contributed by atoms with van der Waals surface area (Å²) in [5, 5.41) is 0. The zero-order valence-corrected chi connectivity index (χ0v) is 17.1. The molecule has 0 saturated carbocycles. The third-order valence-corrected chi connectivity index (χ3v) is 7.61. The van der Waals surface area contributed by atoms with Gasteiger partial charge in [0.05, 0.1) is 17.7 Å². The van der Waals surface area contributed by atoms with Crippen molar-refractivity contribution in [2.45, 2.75) is 11.6 Å². The maximum atomic E-state index is 14.0. The number of aryl methyl sites for hydroxylation is 1. The number of imidazole rings is 1. The second kappa shape index (κ2) is 7.40. The SMILES string of the molecule is Cn1c(=S)n(CN2CCN(S(=O)(=O)c3ccccc3F)CC2)c2ccccc21. The zero-order chi connectivity index (χ0) is 19.9. The van der Waals surface area contributed by atoms with Gasteiger partial charge < -0.3 is 9.13 Å². The van der Waals surface area contributed by atoms with Gasteiger partial charge in [0, 0.05) is 33.2 Å². The number of benzene rings is 2. The van der Waals surface area contributed by atoms with Crippen LogP contribution in [0.4, 0.5) is 4.39 Å². The highest BCUT2D eigenvalue weighted by Crippen LogP contribution is 2.22. The fourth-order valence-electron chi connectivity index (χ4n) is 3.60. The van der Waals surface area contributed by atoms with Gasteiger partial charge in [-0.15, -0.1) is 0 Å². The Kier molecular flexibility index (Phi) is 5.09. The maximum Gasteiger partial charge on any atom is 0.246 e. The number of sulfonamides is 1. The molecule has 3 aromatic rings. The predicted octanol–water partition coefficient (Wildman–Crippen LogP) is 2.81. The average molecular weight is 421 g/mol. The topological polar surface area (TPSA) is 50.5 Å². The lowest BCUT2D eigenvalue weighted by molar-refractivity contribution is 0.153. The first kappa shape index (κ1) is 19.3. The Hall–Kier alpha value is -2.07. The van der Waals surface area contributed by atoms with Crippen LogP contribution in [-0.2, 0) is 23.7 Å². The van der Waals surface area contributed by atoms with Crippen molar-refractivity contribution >= 4 is 33.3 Å². The van der Waals surface area contributed by atoms with Gasteiger partial charge in [0.2, 0.25) is 10.0 Å². The number of nitrogens with zero attached hydrogens (tertiary/aromatic N) is 4. The second-order valence-corrected chi connectivity index (χ2v) is 9.12. The van der Waals surface area contributed by atoms with Crippen molar-refractivity contribution in [1.29, 1.82) is 0 Å². The number of hydrogen-bond donors (Lipinski definition) is 0. The van der Waals surface area contributed by atoms with E-state index >= 15 is 0 Å². The van der Waals surface area contributed by atoms with Crippen molar-refractivity contribution in [3.05, 3.63) is 59.1 Å². The number of hydrogen-bond acceptors (Lipinski definition) is 4. The van der Waals surface area contributed by atoms with Gasteiger partial charge in [0.25, 0.3) is 0 Å². The van der Waals surface area contributed by atoms with Gasteiger partial charge in [-0.1, -0.05) is 24.3 Å². The van der Waals surface area contributed by atoms with E-state index in [2.05, 4.69) is 9.47 Å². The molecule has 1 aliphatic rings. The van der Waals surface area contributed by atoms with Gasteiger partial charge in [-0.25, -0.2) is 12.8 Å². The molecular weight excluding hydrogens is 399 g/mol. The van der Waals surface area contributed by atoms with Crippen molar-refractivity contribution in [2.75, 3.05) is 26.2 Å². The number of rotatable bonds is 4. The summed E-state index contributed by atoms with van der Waals surface area (Å²) < 4.78 is 45.6. The minimum absolute atomic E-state index is 0.264. The molecule has 1 aliphatic heterocycles. The normalized spacial score (nSPS) is 16.6. The molecule has 0 aliphatic carbocycles. The lowest BCUT2D eigenvalue weighted by atomic mass is 10.3. The zero-order valence-electron chi connectivity index (χ0n) is 15.5. The molecular formula is C19H21FN4O2S2. The lowest BCUT2D eigenvalue weighted by Gasteiger charge is -2.34. The Morgan fingerprint density at radius 2 is 1.57 bits per heavy atom. The number of fused-ring (bicyclic) bond motifs is 1. The summed E-state index contributed by atoms with van der Waals surface area (Å²) in [5.41, 5.74) is 2.12. The summed E-state index contributed by atoms with van der Waals surface area (Å²) in [5.74, 6) is -0.716. The smallest absolute Gasteiger partial charge is 0.246 e. The quantitative estimate of drug-likeness (QED) is 0.609. The minimum Gasteiger partial charge on any atom is -0.320 e. The summed E-state index contributed by atoms with van der Waals surface area (Å²) in [6.45, 7) is 2.33. The monoisotopic (exact) mass is 420 g/mol. The third-order valence-electron chi connectivity index (χ3n) is 5.18. The summed E-state index contributed by atoms with van der Waals surface area (Å²) in [7, 11) is -1.88. The lowest BCUT2D eigenvalue weighted by Crippen LogP contribution is -2.49. The second-order valence-electron chi connectivity index (χ2n) is 6.85. The standard InChI is InChI=1S/C19H21FN4O2S2/c1-21-16-7-3-4-8-17(16)24(19(21)27)14-22-10-12-23(13-11-22)28(25,26)18-9-5-2-6-15(18)20/h2-9H,10-14H2,1H3. The number of para-hydroxylation sites is 2. The summed E-state index contributed by atoms with van der Waals surface area (Å²) in [6.07, 6.45) is 0. The van der Waals surface area contributed by atoms with Crippen LogP contribution in [0.1, 0.15) is 0 Å². The molecule has 28 heavy (non-hydrogen) atoms. The molecule has 0 N–H and O–H groups in total. The van der Waals surface area contributed by atoms with Crippen LogP contribution in [0.25, 0.3) is 11.0 Å². The molecule has 0 radical (unpaired) electrons. The van der Waals surface area contributed by atoms with E-state index in [1.807, 2.05) is 35.9 Å². The highest BCUT2D eigenvalue weighted by molar-refractivity contribution is 7.89. The fourth-order valence-corrected chi connectivity index (χ4v) is 5.35. The maximum absolute atomic E-state index is 14.0. The van der Waals surface area contributed by atoms with Crippen LogP contribution < -0.4 is 0 Å². The van der Waals surface area contributed by atoms with Gasteiger partial charge >= 0.3 is 0 Å². The number of piperazine rings is 1. The number of aromatic nitrogens is 2. The molecule has 0 amide bonds. The Balaban J connectivity index is 1.51. The Morgan fingerprint density at radius 1 is 0.964 bits per heavy atom. The van der Waals surface area contributed by atoms with Gasteiger partial charge in [-0.2, -0.15) is 4.31 Å². The molecule has 1 fully saturated rings. The fraction of sp³-hybridized carbons (Fsp3) is 0.316. The van der Waals surface area contributed by atoms with E-state index in [0.29, 0.717) is 32.8 Å². The Morgan fingerprint density at radius 3 is 2.25 bits per heavy atom. The molecule has 0 spiro atoms. The molecule has 0 unspecified atom stereocenters. The summed E-state index contributed by atoms with van der Waals surface area (Å²) in [4.78, 5) is 1.90. The van der Waals surface area contributed by atoms with E-state index in [0.717, 1.165) is 15.8 Å². The first-order chi connectivity index (χ1) is 13.4. The van der Waals surface area contributed by atoms with Crippen molar-refractivity contribution in [3.8, 4) is 0 Å². The van der Waals surface area contributed by atoms with Crippen LogP contribution in [0.5, 0.6) is 0 Å². The van der Waals surface area contributed by atoms with Gasteiger partial charge in [0.1, 0.15) is 10.7 Å². The molecule has 0 bridgehead atoms. The van der Waals surface area contributed by atoms with E-state index in [1.165, 1.54) is 28.6 Å². The molecule has 1 aromatic heterocycles. The molecule has 0 atom stereocenters. The van der Waals surface area contributed by atoms with Gasteiger partial charge in [-0.3, -0.25) is 4.90 Å². The van der Waals surface area contributed by atoms with Crippen molar-refractivity contribution < 1.29 is 12.8 Å². The molecule has 4 rings (SSSR count).